The molecule has 0 aromatic heterocycles. The fourth-order valence-corrected chi connectivity index (χ4v) is 2.73. The van der Waals surface area contributed by atoms with E-state index in [1.165, 1.54) is 19.3 Å². The zero-order chi connectivity index (χ0) is 12.1. The molecule has 0 radical (unpaired) electrons. The second kappa shape index (κ2) is 6.02. The van der Waals surface area contributed by atoms with E-state index < -0.39 is 0 Å². The summed E-state index contributed by atoms with van der Waals surface area (Å²) < 4.78 is 0. The van der Waals surface area contributed by atoms with Crippen molar-refractivity contribution in [2.45, 2.75) is 44.6 Å². The van der Waals surface area contributed by atoms with Crippen LogP contribution >= 0.6 is 0 Å². The molecule has 2 atom stereocenters. The SMILES string of the molecule is C=CCC(CC1Cc2ccccc21)NCCC. The summed E-state index contributed by atoms with van der Waals surface area (Å²) in [7, 11) is 0. The van der Waals surface area contributed by atoms with E-state index in [4.69, 9.17) is 0 Å². The van der Waals surface area contributed by atoms with Crippen molar-refractivity contribution in [2.75, 3.05) is 6.54 Å². The molecule has 0 saturated carbocycles. The molecule has 1 aromatic rings. The van der Waals surface area contributed by atoms with Gasteiger partial charge in [0.15, 0.2) is 0 Å². The van der Waals surface area contributed by atoms with Crippen molar-refractivity contribution in [1.82, 2.24) is 5.32 Å². The van der Waals surface area contributed by atoms with Crippen LogP contribution in [0.15, 0.2) is 36.9 Å². The molecule has 17 heavy (non-hydrogen) atoms. The predicted molar refractivity (Wildman–Crippen MR) is 74.4 cm³/mol. The Kier molecular flexibility index (Phi) is 4.38. The van der Waals surface area contributed by atoms with Crippen LogP contribution in [0.1, 0.15) is 43.2 Å². The molecule has 1 aliphatic carbocycles. The van der Waals surface area contributed by atoms with Gasteiger partial charge in [0.25, 0.3) is 0 Å². The number of hydrogen-bond donors (Lipinski definition) is 1. The Balaban J connectivity index is 1.89. The second-order valence-electron chi connectivity index (χ2n) is 5.01. The van der Waals surface area contributed by atoms with Crippen molar-refractivity contribution >= 4 is 0 Å². The minimum absolute atomic E-state index is 0.603. The van der Waals surface area contributed by atoms with Crippen LogP contribution in [0.5, 0.6) is 0 Å². The first-order valence-corrected chi connectivity index (χ1v) is 6.77. The Morgan fingerprint density at radius 1 is 1.47 bits per heavy atom. The highest BCUT2D eigenvalue weighted by Gasteiger charge is 2.27. The summed E-state index contributed by atoms with van der Waals surface area (Å²) in [5, 5.41) is 3.63. The molecule has 0 amide bonds. The van der Waals surface area contributed by atoms with Crippen LogP contribution in [0.3, 0.4) is 0 Å². The average Bonchev–Trinajstić information content (AvgIpc) is 2.33. The summed E-state index contributed by atoms with van der Waals surface area (Å²) in [4.78, 5) is 0. The Bertz CT molecular complexity index is 370. The van der Waals surface area contributed by atoms with Gasteiger partial charge in [-0.15, -0.1) is 6.58 Å². The number of benzene rings is 1. The monoisotopic (exact) mass is 229 g/mol. The van der Waals surface area contributed by atoms with Gasteiger partial charge in [-0.1, -0.05) is 37.3 Å². The maximum atomic E-state index is 3.86. The summed E-state index contributed by atoms with van der Waals surface area (Å²) >= 11 is 0. The van der Waals surface area contributed by atoms with Crippen molar-refractivity contribution in [3.63, 3.8) is 0 Å². The van der Waals surface area contributed by atoms with Gasteiger partial charge in [-0.3, -0.25) is 0 Å². The van der Waals surface area contributed by atoms with Gasteiger partial charge in [-0.2, -0.15) is 0 Å². The van der Waals surface area contributed by atoms with Gasteiger partial charge in [-0.25, -0.2) is 0 Å². The minimum Gasteiger partial charge on any atom is -0.314 e. The molecule has 92 valence electrons. The topological polar surface area (TPSA) is 12.0 Å². The highest BCUT2D eigenvalue weighted by atomic mass is 14.9. The Morgan fingerprint density at radius 3 is 3.00 bits per heavy atom. The van der Waals surface area contributed by atoms with E-state index in [-0.39, 0.29) is 0 Å². The average molecular weight is 229 g/mol. The molecule has 2 rings (SSSR count). The summed E-state index contributed by atoms with van der Waals surface area (Å²) in [6.07, 6.45) is 6.84. The van der Waals surface area contributed by atoms with E-state index in [1.54, 1.807) is 11.1 Å². The predicted octanol–water partition coefficient (Wildman–Crippen LogP) is 3.66. The fraction of sp³-hybridized carbons (Fsp3) is 0.500. The summed E-state index contributed by atoms with van der Waals surface area (Å²) in [6.45, 7) is 7.20. The first kappa shape index (κ1) is 12.4. The molecule has 1 aromatic carbocycles. The largest absolute Gasteiger partial charge is 0.314 e. The third-order valence-corrected chi connectivity index (χ3v) is 3.66. The zero-order valence-electron chi connectivity index (χ0n) is 10.8. The molecule has 0 spiro atoms. The van der Waals surface area contributed by atoms with E-state index in [0.29, 0.717) is 6.04 Å². The van der Waals surface area contributed by atoms with Crippen LogP contribution in [0, 0.1) is 0 Å². The maximum absolute atomic E-state index is 3.86. The number of fused-ring (bicyclic) bond motifs is 1. The van der Waals surface area contributed by atoms with E-state index >= 15 is 0 Å². The van der Waals surface area contributed by atoms with E-state index in [1.807, 2.05) is 6.08 Å². The summed E-state index contributed by atoms with van der Waals surface area (Å²) in [5.74, 6) is 0.764. The lowest BCUT2D eigenvalue weighted by atomic mass is 9.74. The third kappa shape index (κ3) is 2.98. The van der Waals surface area contributed by atoms with Gasteiger partial charge in [-0.05, 0) is 49.3 Å². The molecule has 0 bridgehead atoms. The smallest absolute Gasteiger partial charge is 0.0107 e. The normalized spacial score (nSPS) is 19.2. The molecule has 1 heteroatoms. The lowest BCUT2D eigenvalue weighted by Crippen LogP contribution is -2.33. The quantitative estimate of drug-likeness (QED) is 0.704. The van der Waals surface area contributed by atoms with Crippen molar-refractivity contribution in [1.29, 1.82) is 0 Å². The lowest BCUT2D eigenvalue weighted by Gasteiger charge is -2.33. The fourth-order valence-electron chi connectivity index (χ4n) is 2.73. The lowest BCUT2D eigenvalue weighted by molar-refractivity contribution is 0.420. The van der Waals surface area contributed by atoms with Crippen molar-refractivity contribution in [3.05, 3.63) is 48.0 Å². The molecular formula is C16H23N. The van der Waals surface area contributed by atoms with E-state index in [2.05, 4.69) is 43.1 Å². The molecule has 1 N–H and O–H groups in total. The Morgan fingerprint density at radius 2 is 2.29 bits per heavy atom. The van der Waals surface area contributed by atoms with Gasteiger partial charge in [0.05, 0.1) is 0 Å². The first-order valence-electron chi connectivity index (χ1n) is 6.77. The molecule has 0 fully saturated rings. The highest BCUT2D eigenvalue weighted by molar-refractivity contribution is 5.39. The highest BCUT2D eigenvalue weighted by Crippen LogP contribution is 2.38. The van der Waals surface area contributed by atoms with Crippen LogP contribution in [0.25, 0.3) is 0 Å². The molecular weight excluding hydrogens is 206 g/mol. The van der Waals surface area contributed by atoms with Crippen LogP contribution in [0.4, 0.5) is 0 Å². The van der Waals surface area contributed by atoms with Crippen molar-refractivity contribution in [2.24, 2.45) is 0 Å². The number of nitrogens with one attached hydrogen (secondary N) is 1. The van der Waals surface area contributed by atoms with Crippen molar-refractivity contribution in [3.8, 4) is 0 Å². The van der Waals surface area contributed by atoms with Gasteiger partial charge in [0.2, 0.25) is 0 Å². The molecule has 0 heterocycles. The molecule has 0 saturated heterocycles. The second-order valence-corrected chi connectivity index (χ2v) is 5.01. The van der Waals surface area contributed by atoms with E-state index in [0.717, 1.165) is 18.9 Å². The molecule has 2 unspecified atom stereocenters. The van der Waals surface area contributed by atoms with Crippen LogP contribution < -0.4 is 5.32 Å². The Labute approximate surface area is 105 Å². The first-order chi connectivity index (χ1) is 8.35. The standard InChI is InChI=1S/C16H23N/c1-3-7-15(17-10-4-2)12-14-11-13-8-5-6-9-16(13)14/h3,5-6,8-9,14-15,17H,1,4,7,10-12H2,2H3. The summed E-state index contributed by atoms with van der Waals surface area (Å²) in [6, 6.07) is 9.45. The molecule has 1 aliphatic rings. The minimum atomic E-state index is 0.603. The molecule has 0 aliphatic heterocycles. The van der Waals surface area contributed by atoms with Crippen LogP contribution in [-0.4, -0.2) is 12.6 Å². The zero-order valence-corrected chi connectivity index (χ0v) is 10.8. The van der Waals surface area contributed by atoms with Gasteiger partial charge >= 0.3 is 0 Å². The third-order valence-electron chi connectivity index (χ3n) is 3.66. The number of hydrogen-bond acceptors (Lipinski definition) is 1. The Hall–Kier alpha value is -1.08. The van der Waals surface area contributed by atoms with E-state index in [9.17, 15) is 0 Å². The van der Waals surface area contributed by atoms with Crippen LogP contribution in [-0.2, 0) is 6.42 Å². The maximum Gasteiger partial charge on any atom is 0.0107 e. The van der Waals surface area contributed by atoms with Crippen molar-refractivity contribution < 1.29 is 0 Å². The summed E-state index contributed by atoms with van der Waals surface area (Å²) in [5.41, 5.74) is 3.12. The van der Waals surface area contributed by atoms with Gasteiger partial charge in [0, 0.05) is 6.04 Å². The van der Waals surface area contributed by atoms with Gasteiger partial charge in [0.1, 0.15) is 0 Å². The molecule has 1 nitrogen and oxygen atoms in total. The van der Waals surface area contributed by atoms with Gasteiger partial charge < -0.3 is 5.32 Å². The number of rotatable bonds is 7. The van der Waals surface area contributed by atoms with Crippen LogP contribution in [0.2, 0.25) is 0 Å².